The van der Waals surface area contributed by atoms with Crippen LogP contribution >= 0.6 is 11.3 Å². The van der Waals surface area contributed by atoms with Crippen molar-refractivity contribution in [2.24, 2.45) is 0 Å². The van der Waals surface area contributed by atoms with Crippen molar-refractivity contribution < 1.29 is 9.13 Å². The van der Waals surface area contributed by atoms with Crippen molar-refractivity contribution in [3.05, 3.63) is 45.7 Å². The fraction of sp³-hybridized carbons (Fsp3) is 0.400. The Kier molecular flexibility index (Phi) is 5.09. The Labute approximate surface area is 122 Å². The van der Waals surface area contributed by atoms with Crippen molar-refractivity contribution in [2.45, 2.75) is 32.9 Å². The van der Waals surface area contributed by atoms with Gasteiger partial charge in [0, 0.05) is 23.1 Å². The van der Waals surface area contributed by atoms with E-state index < -0.39 is 0 Å². The third-order valence-electron chi connectivity index (χ3n) is 3.15. The molecule has 108 valence electrons. The maximum absolute atomic E-state index is 13.4. The Morgan fingerprint density at radius 3 is 2.90 bits per heavy atom. The first-order chi connectivity index (χ1) is 9.63. The van der Waals surface area contributed by atoms with Gasteiger partial charge in [0.2, 0.25) is 0 Å². The molecule has 1 aromatic carbocycles. The molecule has 0 radical (unpaired) electrons. The van der Waals surface area contributed by atoms with Crippen LogP contribution in [0, 0.1) is 5.82 Å². The Morgan fingerprint density at radius 1 is 1.45 bits per heavy atom. The summed E-state index contributed by atoms with van der Waals surface area (Å²) in [6, 6.07) is 4.74. The maximum Gasteiger partial charge on any atom is 0.131 e. The summed E-state index contributed by atoms with van der Waals surface area (Å²) in [5, 5.41) is 6.21. The van der Waals surface area contributed by atoms with E-state index in [0.29, 0.717) is 12.4 Å². The maximum atomic E-state index is 13.4. The van der Waals surface area contributed by atoms with Crippen molar-refractivity contribution in [1.29, 1.82) is 0 Å². The first-order valence-corrected chi connectivity index (χ1v) is 7.54. The van der Waals surface area contributed by atoms with Gasteiger partial charge in [0.1, 0.15) is 18.2 Å². The minimum Gasteiger partial charge on any atom is -0.487 e. The van der Waals surface area contributed by atoms with E-state index >= 15 is 0 Å². The molecule has 0 saturated carbocycles. The molecule has 0 amide bonds. The average molecular weight is 294 g/mol. The molecule has 3 nitrogen and oxygen atoms in total. The number of nitrogens with one attached hydrogen (secondary N) is 1. The van der Waals surface area contributed by atoms with E-state index in [4.69, 9.17) is 4.74 Å². The third-order valence-corrected chi connectivity index (χ3v) is 4.19. The summed E-state index contributed by atoms with van der Waals surface area (Å²) in [5.41, 5.74) is 1.83. The molecular formula is C15H19FN2OS. The van der Waals surface area contributed by atoms with Gasteiger partial charge in [0.25, 0.3) is 0 Å². The molecule has 5 heteroatoms. The van der Waals surface area contributed by atoms with E-state index in [2.05, 4.69) is 17.2 Å². The van der Waals surface area contributed by atoms with Gasteiger partial charge in [-0.2, -0.15) is 0 Å². The first kappa shape index (κ1) is 14.9. The van der Waals surface area contributed by atoms with Gasteiger partial charge in [-0.05, 0) is 26.5 Å². The molecule has 1 aromatic heterocycles. The van der Waals surface area contributed by atoms with E-state index in [0.717, 1.165) is 22.7 Å². The van der Waals surface area contributed by atoms with Crippen LogP contribution in [0.5, 0.6) is 5.75 Å². The summed E-state index contributed by atoms with van der Waals surface area (Å²) in [4.78, 5) is 4.45. The molecule has 2 rings (SSSR count). The topological polar surface area (TPSA) is 34.1 Å². The van der Waals surface area contributed by atoms with Gasteiger partial charge in [-0.1, -0.05) is 13.0 Å². The van der Waals surface area contributed by atoms with E-state index in [9.17, 15) is 4.39 Å². The predicted molar refractivity (Wildman–Crippen MR) is 79.7 cm³/mol. The highest BCUT2D eigenvalue weighted by Crippen LogP contribution is 2.27. The van der Waals surface area contributed by atoms with Gasteiger partial charge >= 0.3 is 0 Å². The van der Waals surface area contributed by atoms with Crippen LogP contribution in [0.25, 0.3) is 0 Å². The number of benzene rings is 1. The highest BCUT2D eigenvalue weighted by molar-refractivity contribution is 7.09. The molecule has 2 aromatic rings. The second-order valence-corrected chi connectivity index (χ2v) is 5.51. The number of nitrogens with zero attached hydrogens (tertiary/aromatic N) is 1. The normalized spacial score (nSPS) is 12.4. The number of thiazole rings is 1. The van der Waals surface area contributed by atoms with Crippen molar-refractivity contribution in [1.82, 2.24) is 10.3 Å². The standard InChI is InChI=1S/C15H19FN2OS/c1-4-15-18-12(9-20-15)8-19-14-7-11(16)5-6-13(14)10(2)17-3/h5-7,9-10,17H,4,8H2,1-3H3. The Morgan fingerprint density at radius 2 is 2.25 bits per heavy atom. The molecule has 1 N–H and O–H groups in total. The zero-order valence-corrected chi connectivity index (χ0v) is 12.8. The molecular weight excluding hydrogens is 275 g/mol. The van der Waals surface area contributed by atoms with Gasteiger partial charge in [-0.3, -0.25) is 0 Å². The number of aryl methyl sites for hydroxylation is 1. The number of hydrogen-bond donors (Lipinski definition) is 1. The lowest BCUT2D eigenvalue weighted by atomic mass is 10.1. The van der Waals surface area contributed by atoms with Crippen molar-refractivity contribution in [2.75, 3.05) is 7.05 Å². The number of halogens is 1. The van der Waals surface area contributed by atoms with Crippen LogP contribution in [-0.4, -0.2) is 12.0 Å². The van der Waals surface area contributed by atoms with Crippen LogP contribution in [0.1, 0.15) is 36.2 Å². The molecule has 0 aliphatic carbocycles. The summed E-state index contributed by atoms with van der Waals surface area (Å²) in [6.07, 6.45) is 0.923. The van der Waals surface area contributed by atoms with E-state index in [1.165, 1.54) is 12.1 Å². The zero-order chi connectivity index (χ0) is 14.5. The zero-order valence-electron chi connectivity index (χ0n) is 11.9. The van der Waals surface area contributed by atoms with Crippen molar-refractivity contribution in [3.8, 4) is 5.75 Å². The van der Waals surface area contributed by atoms with Crippen LogP contribution in [0.4, 0.5) is 4.39 Å². The Hall–Kier alpha value is -1.46. The summed E-state index contributed by atoms with van der Waals surface area (Å²) in [5.74, 6) is 0.275. The SMILES string of the molecule is CCc1nc(COc2cc(F)ccc2C(C)NC)cs1. The van der Waals surface area contributed by atoms with Crippen LogP contribution in [0.2, 0.25) is 0 Å². The minimum absolute atomic E-state index is 0.104. The highest BCUT2D eigenvalue weighted by atomic mass is 32.1. The lowest BCUT2D eigenvalue weighted by Gasteiger charge is -2.16. The molecule has 0 fully saturated rings. The van der Waals surface area contributed by atoms with Crippen LogP contribution in [0.3, 0.4) is 0 Å². The quantitative estimate of drug-likeness (QED) is 0.882. The van der Waals surface area contributed by atoms with Crippen molar-refractivity contribution >= 4 is 11.3 Å². The monoisotopic (exact) mass is 294 g/mol. The smallest absolute Gasteiger partial charge is 0.131 e. The van der Waals surface area contributed by atoms with Gasteiger partial charge in [-0.15, -0.1) is 11.3 Å². The van der Waals surface area contributed by atoms with Gasteiger partial charge < -0.3 is 10.1 Å². The lowest BCUT2D eigenvalue weighted by molar-refractivity contribution is 0.294. The van der Waals surface area contributed by atoms with Gasteiger partial charge in [0.05, 0.1) is 10.7 Å². The number of aromatic nitrogens is 1. The van der Waals surface area contributed by atoms with E-state index in [1.54, 1.807) is 17.4 Å². The van der Waals surface area contributed by atoms with Crippen LogP contribution in [-0.2, 0) is 13.0 Å². The van der Waals surface area contributed by atoms with Gasteiger partial charge in [-0.25, -0.2) is 9.37 Å². The largest absolute Gasteiger partial charge is 0.487 e. The predicted octanol–water partition coefficient (Wildman–Crippen LogP) is 3.70. The Balaban J connectivity index is 2.13. The minimum atomic E-state index is -0.292. The average Bonchev–Trinajstić information content (AvgIpc) is 2.92. The molecule has 20 heavy (non-hydrogen) atoms. The fourth-order valence-electron chi connectivity index (χ4n) is 1.88. The first-order valence-electron chi connectivity index (χ1n) is 6.66. The van der Waals surface area contributed by atoms with Crippen molar-refractivity contribution in [3.63, 3.8) is 0 Å². The Bertz CT molecular complexity index is 571. The second kappa shape index (κ2) is 6.81. The summed E-state index contributed by atoms with van der Waals surface area (Å²) in [7, 11) is 1.87. The summed E-state index contributed by atoms with van der Waals surface area (Å²) < 4.78 is 19.1. The second-order valence-electron chi connectivity index (χ2n) is 4.57. The number of hydrogen-bond acceptors (Lipinski definition) is 4. The fourth-order valence-corrected chi connectivity index (χ4v) is 2.61. The number of rotatable bonds is 6. The summed E-state index contributed by atoms with van der Waals surface area (Å²) in [6.45, 7) is 4.45. The molecule has 1 atom stereocenters. The van der Waals surface area contributed by atoms with E-state index in [1.807, 2.05) is 19.4 Å². The summed E-state index contributed by atoms with van der Waals surface area (Å²) >= 11 is 1.63. The third kappa shape index (κ3) is 3.55. The molecule has 0 bridgehead atoms. The molecule has 0 aliphatic rings. The molecule has 0 saturated heterocycles. The molecule has 1 heterocycles. The van der Waals surface area contributed by atoms with E-state index in [-0.39, 0.29) is 11.9 Å². The number of ether oxygens (including phenoxy) is 1. The highest BCUT2D eigenvalue weighted by Gasteiger charge is 2.12. The van der Waals surface area contributed by atoms with Gasteiger partial charge in [0.15, 0.2) is 0 Å². The van der Waals surface area contributed by atoms with Crippen LogP contribution < -0.4 is 10.1 Å². The molecule has 0 spiro atoms. The van der Waals surface area contributed by atoms with Crippen LogP contribution in [0.15, 0.2) is 23.6 Å². The lowest BCUT2D eigenvalue weighted by Crippen LogP contribution is -2.14. The molecule has 1 unspecified atom stereocenters. The molecule has 0 aliphatic heterocycles.